The Bertz CT molecular complexity index is 776. The van der Waals surface area contributed by atoms with Gasteiger partial charge >= 0.3 is 5.97 Å². The number of esters is 1. The van der Waals surface area contributed by atoms with E-state index in [2.05, 4.69) is 11.9 Å². The Hall–Kier alpha value is -2.75. The van der Waals surface area contributed by atoms with Crippen LogP contribution in [0, 0.1) is 5.82 Å². The number of benzene rings is 2. The molecule has 22 heavy (non-hydrogen) atoms. The third-order valence-corrected chi connectivity index (χ3v) is 3.42. The van der Waals surface area contributed by atoms with Crippen LogP contribution in [0.5, 0.6) is 0 Å². The number of carbonyl (C=O) groups is 1. The first-order valence-electron chi connectivity index (χ1n) is 7.04. The highest BCUT2D eigenvalue weighted by atomic mass is 19.1. The van der Waals surface area contributed by atoms with Gasteiger partial charge in [-0.2, -0.15) is 0 Å². The van der Waals surface area contributed by atoms with Gasteiger partial charge in [0.15, 0.2) is 5.70 Å². The molecule has 0 aliphatic carbocycles. The molecule has 0 unspecified atom stereocenters. The smallest absolute Gasteiger partial charge is 0.363 e. The van der Waals surface area contributed by atoms with Gasteiger partial charge in [-0.25, -0.2) is 14.2 Å². The lowest BCUT2D eigenvalue weighted by molar-refractivity contribution is -0.129. The standard InChI is InChI=1S/C18H14FNO2/c1-2-12-7-9-13(10-8-12)11-16-18(21)22-17(20-16)14-5-3-4-6-15(14)19/h3-11H,2H2,1H3/b16-11-. The quantitative estimate of drug-likeness (QED) is 0.639. The number of cyclic esters (lactones) is 1. The van der Waals surface area contributed by atoms with Crippen LogP contribution in [-0.2, 0) is 16.0 Å². The molecular weight excluding hydrogens is 281 g/mol. The van der Waals surface area contributed by atoms with Crippen LogP contribution in [-0.4, -0.2) is 11.9 Å². The van der Waals surface area contributed by atoms with Gasteiger partial charge in [-0.05, 0) is 35.8 Å². The Kier molecular flexibility index (Phi) is 3.83. The topological polar surface area (TPSA) is 38.7 Å². The van der Waals surface area contributed by atoms with Crippen molar-refractivity contribution in [2.45, 2.75) is 13.3 Å². The zero-order valence-electron chi connectivity index (χ0n) is 12.0. The second-order valence-electron chi connectivity index (χ2n) is 4.91. The van der Waals surface area contributed by atoms with Crippen molar-refractivity contribution in [3.63, 3.8) is 0 Å². The molecule has 2 aromatic carbocycles. The maximum absolute atomic E-state index is 13.7. The van der Waals surface area contributed by atoms with Gasteiger partial charge in [0, 0.05) is 0 Å². The van der Waals surface area contributed by atoms with Gasteiger partial charge in [-0.3, -0.25) is 0 Å². The molecule has 0 saturated carbocycles. The Morgan fingerprint density at radius 1 is 1.14 bits per heavy atom. The summed E-state index contributed by atoms with van der Waals surface area (Å²) in [5.74, 6) is -1.04. The molecule has 0 saturated heterocycles. The normalized spacial score (nSPS) is 15.8. The lowest BCUT2D eigenvalue weighted by atomic mass is 10.1. The number of aliphatic imine (C=N–C) groups is 1. The molecule has 110 valence electrons. The zero-order valence-corrected chi connectivity index (χ0v) is 12.0. The van der Waals surface area contributed by atoms with Gasteiger partial charge in [-0.15, -0.1) is 0 Å². The summed E-state index contributed by atoms with van der Waals surface area (Å²) >= 11 is 0. The summed E-state index contributed by atoms with van der Waals surface area (Å²) in [6.07, 6.45) is 2.59. The summed E-state index contributed by atoms with van der Waals surface area (Å²) in [5, 5.41) is 0. The van der Waals surface area contributed by atoms with Crippen molar-refractivity contribution in [3.05, 3.63) is 76.7 Å². The molecule has 1 aliphatic rings. The van der Waals surface area contributed by atoms with E-state index in [0.717, 1.165) is 12.0 Å². The van der Waals surface area contributed by atoms with Gasteiger partial charge in [0.25, 0.3) is 0 Å². The highest BCUT2D eigenvalue weighted by molar-refractivity contribution is 6.12. The molecule has 2 aromatic rings. The summed E-state index contributed by atoms with van der Waals surface area (Å²) < 4.78 is 18.8. The number of halogens is 1. The van der Waals surface area contributed by atoms with Gasteiger partial charge in [0.05, 0.1) is 5.56 Å². The predicted octanol–water partition coefficient (Wildman–Crippen LogP) is 3.73. The van der Waals surface area contributed by atoms with E-state index >= 15 is 0 Å². The third-order valence-electron chi connectivity index (χ3n) is 3.42. The Morgan fingerprint density at radius 3 is 2.55 bits per heavy atom. The summed E-state index contributed by atoms with van der Waals surface area (Å²) in [5.41, 5.74) is 2.41. The van der Waals surface area contributed by atoms with Crippen molar-refractivity contribution in [2.75, 3.05) is 0 Å². The van der Waals surface area contributed by atoms with Crippen LogP contribution in [0.2, 0.25) is 0 Å². The number of hydrogen-bond acceptors (Lipinski definition) is 3. The highest BCUT2D eigenvalue weighted by Gasteiger charge is 2.25. The second-order valence-corrected chi connectivity index (χ2v) is 4.91. The van der Waals surface area contributed by atoms with Gasteiger partial charge in [-0.1, -0.05) is 43.3 Å². The largest absolute Gasteiger partial charge is 0.402 e. The first-order valence-corrected chi connectivity index (χ1v) is 7.04. The molecule has 0 amide bonds. The zero-order chi connectivity index (χ0) is 15.5. The Balaban J connectivity index is 1.92. The number of hydrogen-bond donors (Lipinski definition) is 0. The first kappa shape index (κ1) is 14.2. The molecule has 0 radical (unpaired) electrons. The van der Waals surface area contributed by atoms with Crippen molar-refractivity contribution in [1.82, 2.24) is 0 Å². The van der Waals surface area contributed by atoms with Crippen molar-refractivity contribution in [1.29, 1.82) is 0 Å². The molecule has 0 fully saturated rings. The number of rotatable bonds is 3. The Labute approximate surface area is 127 Å². The van der Waals surface area contributed by atoms with E-state index in [9.17, 15) is 9.18 Å². The molecule has 0 spiro atoms. The van der Waals surface area contributed by atoms with Crippen molar-refractivity contribution in [3.8, 4) is 0 Å². The van der Waals surface area contributed by atoms with E-state index in [4.69, 9.17) is 4.74 Å². The number of ether oxygens (including phenoxy) is 1. The summed E-state index contributed by atoms with van der Waals surface area (Å²) in [7, 11) is 0. The molecule has 0 aromatic heterocycles. The maximum atomic E-state index is 13.7. The molecule has 3 nitrogen and oxygen atoms in total. The number of carbonyl (C=O) groups excluding carboxylic acids is 1. The first-order chi connectivity index (χ1) is 10.7. The number of aryl methyl sites for hydroxylation is 1. The summed E-state index contributed by atoms with van der Waals surface area (Å²) in [6.45, 7) is 2.08. The van der Waals surface area contributed by atoms with E-state index in [-0.39, 0.29) is 17.2 Å². The summed E-state index contributed by atoms with van der Waals surface area (Å²) in [6, 6.07) is 13.9. The fraction of sp³-hybridized carbons (Fsp3) is 0.111. The van der Waals surface area contributed by atoms with Crippen LogP contribution in [0.1, 0.15) is 23.6 Å². The van der Waals surface area contributed by atoms with E-state index < -0.39 is 11.8 Å². The fourth-order valence-corrected chi connectivity index (χ4v) is 2.17. The van der Waals surface area contributed by atoms with Gasteiger partial charge in [0.1, 0.15) is 5.82 Å². The van der Waals surface area contributed by atoms with Gasteiger partial charge in [0.2, 0.25) is 5.90 Å². The van der Waals surface area contributed by atoms with Crippen molar-refractivity contribution >= 4 is 17.9 Å². The lowest BCUT2D eigenvalue weighted by Crippen LogP contribution is -2.07. The van der Waals surface area contributed by atoms with Crippen molar-refractivity contribution in [2.24, 2.45) is 4.99 Å². The van der Waals surface area contributed by atoms with Gasteiger partial charge < -0.3 is 4.74 Å². The minimum atomic E-state index is -0.571. The van der Waals surface area contributed by atoms with Crippen molar-refractivity contribution < 1.29 is 13.9 Å². The monoisotopic (exact) mass is 295 g/mol. The molecule has 1 heterocycles. The van der Waals surface area contributed by atoms with Crippen LogP contribution >= 0.6 is 0 Å². The SMILES string of the molecule is CCc1ccc(/C=C2\N=C(c3ccccc3F)OC2=O)cc1. The Morgan fingerprint density at radius 2 is 1.86 bits per heavy atom. The highest BCUT2D eigenvalue weighted by Crippen LogP contribution is 2.20. The van der Waals surface area contributed by atoms with E-state index in [1.54, 1.807) is 18.2 Å². The van der Waals surface area contributed by atoms with Crippen LogP contribution < -0.4 is 0 Å². The maximum Gasteiger partial charge on any atom is 0.363 e. The molecule has 1 aliphatic heterocycles. The van der Waals surface area contributed by atoms with E-state index in [1.807, 2.05) is 24.3 Å². The molecular formula is C18H14FNO2. The molecule has 0 N–H and O–H groups in total. The molecule has 0 atom stereocenters. The average Bonchev–Trinajstić information content (AvgIpc) is 2.89. The summed E-state index contributed by atoms with van der Waals surface area (Å²) in [4.78, 5) is 16.0. The van der Waals surface area contributed by atoms with Crippen LogP contribution in [0.4, 0.5) is 4.39 Å². The molecule has 3 rings (SSSR count). The molecule has 4 heteroatoms. The van der Waals surface area contributed by atoms with E-state index in [1.165, 1.54) is 17.7 Å². The lowest BCUT2D eigenvalue weighted by Gasteiger charge is -1.99. The third kappa shape index (κ3) is 2.81. The average molecular weight is 295 g/mol. The molecule has 0 bridgehead atoms. The van der Waals surface area contributed by atoms with Crippen LogP contribution in [0.25, 0.3) is 6.08 Å². The predicted molar refractivity (Wildman–Crippen MR) is 82.8 cm³/mol. The van der Waals surface area contributed by atoms with E-state index in [0.29, 0.717) is 0 Å². The number of nitrogens with zero attached hydrogens (tertiary/aromatic N) is 1. The second kappa shape index (κ2) is 5.93. The van der Waals surface area contributed by atoms with Crippen LogP contribution in [0.15, 0.2) is 59.2 Å². The minimum absolute atomic E-state index is 0.000437. The van der Waals surface area contributed by atoms with Crippen LogP contribution in [0.3, 0.4) is 0 Å². The minimum Gasteiger partial charge on any atom is -0.402 e. The fourth-order valence-electron chi connectivity index (χ4n) is 2.17.